The summed E-state index contributed by atoms with van der Waals surface area (Å²) in [4.78, 5) is 12.9. The molecule has 132 valence electrons. The van der Waals surface area contributed by atoms with Crippen molar-refractivity contribution in [3.8, 4) is 5.75 Å². The molecule has 3 aromatic carbocycles. The monoisotopic (exact) mass is 345 g/mol. The Morgan fingerprint density at radius 3 is 2.27 bits per heavy atom. The summed E-state index contributed by atoms with van der Waals surface area (Å²) in [6.07, 6.45) is 2.64. The van der Waals surface area contributed by atoms with Crippen LogP contribution < -0.4 is 5.32 Å². The number of carbonyl (C=O) groups is 1. The number of rotatable bonds is 7. The lowest BCUT2D eigenvalue weighted by atomic mass is 9.91. The zero-order chi connectivity index (χ0) is 18.2. The number of hydrogen-bond donors (Lipinski definition) is 2. The second-order valence-corrected chi connectivity index (χ2v) is 6.38. The molecule has 0 radical (unpaired) electrons. The van der Waals surface area contributed by atoms with Crippen LogP contribution in [0.4, 0.5) is 5.69 Å². The number of hydrogen-bond acceptors (Lipinski definition) is 2. The minimum atomic E-state index is -0.220. The van der Waals surface area contributed by atoms with E-state index in [0.29, 0.717) is 5.69 Å². The van der Waals surface area contributed by atoms with Crippen molar-refractivity contribution < 1.29 is 9.90 Å². The summed E-state index contributed by atoms with van der Waals surface area (Å²) < 4.78 is 0. The van der Waals surface area contributed by atoms with Gasteiger partial charge >= 0.3 is 0 Å². The van der Waals surface area contributed by atoms with Gasteiger partial charge in [0.15, 0.2) is 0 Å². The van der Waals surface area contributed by atoms with E-state index in [0.717, 1.165) is 24.8 Å². The van der Waals surface area contributed by atoms with Crippen LogP contribution in [0.3, 0.4) is 0 Å². The third-order valence-corrected chi connectivity index (χ3v) is 4.43. The lowest BCUT2D eigenvalue weighted by molar-refractivity contribution is -0.117. The number of anilines is 1. The Hall–Kier alpha value is -3.07. The zero-order valence-corrected chi connectivity index (χ0v) is 14.6. The van der Waals surface area contributed by atoms with Gasteiger partial charge in [0, 0.05) is 11.8 Å². The number of nitrogens with one attached hydrogen (secondary N) is 1. The first kappa shape index (κ1) is 17.7. The minimum Gasteiger partial charge on any atom is -0.508 e. The second kappa shape index (κ2) is 8.86. The van der Waals surface area contributed by atoms with Crippen LogP contribution in [0.5, 0.6) is 5.75 Å². The highest BCUT2D eigenvalue weighted by Gasteiger charge is 2.20. The fourth-order valence-corrected chi connectivity index (χ4v) is 3.10. The maximum atomic E-state index is 12.9. The Labute approximate surface area is 154 Å². The van der Waals surface area contributed by atoms with Gasteiger partial charge in [0.1, 0.15) is 5.75 Å². The summed E-state index contributed by atoms with van der Waals surface area (Å²) in [5.74, 6) is -0.125. The number of benzene rings is 3. The van der Waals surface area contributed by atoms with E-state index in [9.17, 15) is 9.90 Å². The summed E-state index contributed by atoms with van der Waals surface area (Å²) in [6, 6.07) is 26.8. The molecule has 3 rings (SSSR count). The molecule has 0 aliphatic heterocycles. The number of phenolic OH excluding ortho intramolecular Hbond substituents is 1. The maximum Gasteiger partial charge on any atom is 0.231 e. The molecule has 2 N–H and O–H groups in total. The van der Waals surface area contributed by atoms with Gasteiger partial charge in [-0.1, -0.05) is 66.7 Å². The maximum absolute atomic E-state index is 12.9. The third-order valence-electron chi connectivity index (χ3n) is 4.43. The Bertz CT molecular complexity index is 831. The largest absolute Gasteiger partial charge is 0.508 e. The van der Waals surface area contributed by atoms with Gasteiger partial charge in [0.25, 0.3) is 0 Å². The molecule has 0 aromatic heterocycles. The topological polar surface area (TPSA) is 49.3 Å². The summed E-state index contributed by atoms with van der Waals surface area (Å²) in [6.45, 7) is 0. The van der Waals surface area contributed by atoms with Gasteiger partial charge < -0.3 is 10.4 Å². The summed E-state index contributed by atoms with van der Waals surface area (Å²) in [7, 11) is 0. The molecule has 0 aliphatic rings. The van der Waals surface area contributed by atoms with E-state index in [-0.39, 0.29) is 17.6 Å². The van der Waals surface area contributed by atoms with Crippen LogP contribution in [0.15, 0.2) is 84.9 Å². The smallest absolute Gasteiger partial charge is 0.231 e. The highest BCUT2D eigenvalue weighted by atomic mass is 16.3. The molecule has 0 heterocycles. The molecule has 26 heavy (non-hydrogen) atoms. The van der Waals surface area contributed by atoms with Crippen LogP contribution in [-0.2, 0) is 11.2 Å². The van der Waals surface area contributed by atoms with E-state index in [1.807, 2.05) is 48.5 Å². The molecule has 0 fully saturated rings. The van der Waals surface area contributed by atoms with Crippen LogP contribution in [0.2, 0.25) is 0 Å². The van der Waals surface area contributed by atoms with Crippen molar-refractivity contribution in [1.29, 1.82) is 0 Å². The highest BCUT2D eigenvalue weighted by Crippen LogP contribution is 2.25. The number of aromatic hydroxyl groups is 1. The van der Waals surface area contributed by atoms with Crippen molar-refractivity contribution in [2.24, 2.45) is 0 Å². The molecule has 3 aromatic rings. The molecule has 3 nitrogen and oxygen atoms in total. The van der Waals surface area contributed by atoms with E-state index in [2.05, 4.69) is 17.4 Å². The van der Waals surface area contributed by atoms with Crippen molar-refractivity contribution >= 4 is 11.6 Å². The summed E-state index contributed by atoms with van der Waals surface area (Å²) in [5.41, 5.74) is 2.91. The van der Waals surface area contributed by atoms with Gasteiger partial charge in [-0.05, 0) is 42.5 Å². The number of aryl methyl sites for hydroxylation is 1. The Morgan fingerprint density at radius 2 is 1.58 bits per heavy atom. The first-order valence-corrected chi connectivity index (χ1v) is 8.91. The molecule has 1 amide bonds. The number of amides is 1. The average Bonchev–Trinajstić information content (AvgIpc) is 2.67. The van der Waals surface area contributed by atoms with Gasteiger partial charge in [-0.2, -0.15) is 0 Å². The molecular formula is C23H23NO2. The van der Waals surface area contributed by atoms with Crippen LogP contribution in [0, 0.1) is 0 Å². The van der Waals surface area contributed by atoms with Crippen molar-refractivity contribution in [2.75, 3.05) is 5.32 Å². The predicted molar refractivity (Wildman–Crippen MR) is 105 cm³/mol. The Morgan fingerprint density at radius 1 is 0.885 bits per heavy atom. The van der Waals surface area contributed by atoms with Crippen LogP contribution in [0.25, 0.3) is 0 Å². The molecule has 1 unspecified atom stereocenters. The van der Waals surface area contributed by atoms with Gasteiger partial charge in [0.05, 0.1) is 5.92 Å². The summed E-state index contributed by atoms with van der Waals surface area (Å²) in [5, 5.41) is 12.5. The van der Waals surface area contributed by atoms with Gasteiger partial charge in [0.2, 0.25) is 5.91 Å². The molecular weight excluding hydrogens is 322 g/mol. The number of phenols is 1. The van der Waals surface area contributed by atoms with Crippen LogP contribution >= 0.6 is 0 Å². The second-order valence-electron chi connectivity index (χ2n) is 6.38. The van der Waals surface area contributed by atoms with E-state index in [4.69, 9.17) is 0 Å². The fraction of sp³-hybridized carbons (Fsp3) is 0.174. The van der Waals surface area contributed by atoms with Crippen LogP contribution in [-0.4, -0.2) is 11.0 Å². The normalized spacial score (nSPS) is 11.7. The molecule has 1 atom stereocenters. The van der Waals surface area contributed by atoms with Crippen molar-refractivity contribution in [2.45, 2.75) is 25.2 Å². The Balaban J connectivity index is 1.69. The first-order chi connectivity index (χ1) is 12.7. The van der Waals surface area contributed by atoms with E-state index in [1.165, 1.54) is 5.56 Å². The lowest BCUT2D eigenvalue weighted by Gasteiger charge is -2.17. The van der Waals surface area contributed by atoms with Crippen molar-refractivity contribution in [3.63, 3.8) is 0 Å². The molecule has 0 saturated heterocycles. The standard InChI is InChI=1S/C23H23NO2/c25-21-15-8-14-20(17-21)24-23(26)22(19-12-5-2-6-13-19)16-7-11-18-9-3-1-4-10-18/h1-6,8-10,12-15,17,22,25H,7,11,16H2,(H,24,26). The van der Waals surface area contributed by atoms with Gasteiger partial charge in [-0.25, -0.2) is 0 Å². The quantitative estimate of drug-likeness (QED) is 0.623. The fourth-order valence-electron chi connectivity index (χ4n) is 3.10. The molecule has 0 saturated carbocycles. The number of carbonyl (C=O) groups excluding carboxylic acids is 1. The SMILES string of the molecule is O=C(Nc1cccc(O)c1)C(CCCc1ccccc1)c1ccccc1. The third kappa shape index (κ3) is 4.96. The van der Waals surface area contributed by atoms with E-state index < -0.39 is 0 Å². The zero-order valence-electron chi connectivity index (χ0n) is 14.6. The van der Waals surface area contributed by atoms with Gasteiger partial charge in [-0.3, -0.25) is 4.79 Å². The van der Waals surface area contributed by atoms with E-state index in [1.54, 1.807) is 24.3 Å². The molecule has 0 aliphatic carbocycles. The van der Waals surface area contributed by atoms with E-state index >= 15 is 0 Å². The van der Waals surface area contributed by atoms with Gasteiger partial charge in [-0.15, -0.1) is 0 Å². The highest BCUT2D eigenvalue weighted by molar-refractivity contribution is 5.96. The Kier molecular flexibility index (Phi) is 6.05. The minimum absolute atomic E-state index is 0.0464. The van der Waals surface area contributed by atoms with Crippen molar-refractivity contribution in [3.05, 3.63) is 96.1 Å². The molecule has 3 heteroatoms. The van der Waals surface area contributed by atoms with Crippen molar-refractivity contribution in [1.82, 2.24) is 0 Å². The van der Waals surface area contributed by atoms with Crippen LogP contribution in [0.1, 0.15) is 29.9 Å². The molecule has 0 spiro atoms. The lowest BCUT2D eigenvalue weighted by Crippen LogP contribution is -2.21. The summed E-state index contributed by atoms with van der Waals surface area (Å²) >= 11 is 0. The first-order valence-electron chi connectivity index (χ1n) is 8.91. The predicted octanol–water partition coefficient (Wildman–Crippen LogP) is 5.14. The molecule has 0 bridgehead atoms. The average molecular weight is 345 g/mol.